The summed E-state index contributed by atoms with van der Waals surface area (Å²) in [5.41, 5.74) is 5.96. The Kier molecular flexibility index (Phi) is 6.01. The molecule has 1 amide bonds. The zero-order valence-corrected chi connectivity index (χ0v) is 14.5. The van der Waals surface area contributed by atoms with Crippen molar-refractivity contribution in [3.05, 3.63) is 68.3 Å². The van der Waals surface area contributed by atoms with Gasteiger partial charge in [-0.15, -0.1) is 0 Å². The predicted molar refractivity (Wildman–Crippen MR) is 99.9 cm³/mol. The first kappa shape index (κ1) is 19.1. The van der Waals surface area contributed by atoms with Crippen molar-refractivity contribution in [1.29, 1.82) is 5.26 Å². The van der Waals surface area contributed by atoms with Gasteiger partial charge in [-0.2, -0.15) is 5.26 Å². The molecule has 0 bridgehead atoms. The van der Waals surface area contributed by atoms with Crippen LogP contribution in [-0.2, 0) is 4.79 Å². The monoisotopic (exact) mass is 391 g/mol. The Bertz CT molecular complexity index is 953. The predicted octanol–water partition coefficient (Wildman–Crippen LogP) is 3.94. The van der Waals surface area contributed by atoms with Crippen LogP contribution in [0.25, 0.3) is 0 Å². The van der Waals surface area contributed by atoms with Crippen LogP contribution < -0.4 is 16.4 Å². The summed E-state index contributed by atoms with van der Waals surface area (Å²) >= 11 is 11.9. The van der Waals surface area contributed by atoms with Crippen molar-refractivity contribution in [2.24, 2.45) is 0 Å². The van der Waals surface area contributed by atoms with Crippen LogP contribution in [0.15, 0.2) is 48.2 Å². The number of nitrogens with zero attached hydrogens (tertiary/aromatic N) is 2. The van der Waals surface area contributed by atoms with Gasteiger partial charge in [0.25, 0.3) is 11.6 Å². The second kappa shape index (κ2) is 8.20. The number of benzene rings is 2. The topological polar surface area (TPSA) is 134 Å². The van der Waals surface area contributed by atoms with Gasteiger partial charge in [-0.1, -0.05) is 23.2 Å². The molecule has 0 aliphatic rings. The molecule has 2 aromatic rings. The number of non-ortho nitro benzene ring substituents is 1. The van der Waals surface area contributed by atoms with Gasteiger partial charge < -0.3 is 16.4 Å². The number of hydrogen-bond acceptors (Lipinski definition) is 6. The Hall–Kier alpha value is -3.28. The molecule has 0 fully saturated rings. The molecule has 0 atom stereocenters. The fraction of sp³-hybridized carbons (Fsp3) is 0. The average molecular weight is 392 g/mol. The number of nitro benzene ring substituents is 1. The van der Waals surface area contributed by atoms with Crippen molar-refractivity contribution in [1.82, 2.24) is 0 Å². The minimum Gasteiger partial charge on any atom is -0.399 e. The van der Waals surface area contributed by atoms with Crippen molar-refractivity contribution >= 4 is 51.9 Å². The van der Waals surface area contributed by atoms with Crippen molar-refractivity contribution in [3.8, 4) is 6.07 Å². The van der Waals surface area contributed by atoms with Crippen molar-refractivity contribution in [2.75, 3.05) is 16.4 Å². The van der Waals surface area contributed by atoms with E-state index in [4.69, 9.17) is 34.2 Å². The zero-order chi connectivity index (χ0) is 19.3. The fourth-order valence-corrected chi connectivity index (χ4v) is 2.27. The summed E-state index contributed by atoms with van der Waals surface area (Å²) in [4.78, 5) is 22.4. The molecule has 0 radical (unpaired) electrons. The lowest BCUT2D eigenvalue weighted by atomic mass is 10.2. The van der Waals surface area contributed by atoms with Crippen LogP contribution in [0.5, 0.6) is 0 Å². The third kappa shape index (κ3) is 4.63. The Balaban J connectivity index is 2.20. The van der Waals surface area contributed by atoms with E-state index in [1.165, 1.54) is 18.2 Å². The molecule has 26 heavy (non-hydrogen) atoms. The van der Waals surface area contributed by atoms with E-state index in [-0.39, 0.29) is 22.0 Å². The third-order valence-electron chi connectivity index (χ3n) is 3.14. The molecule has 132 valence electrons. The molecule has 8 nitrogen and oxygen atoms in total. The number of nitriles is 1. The van der Waals surface area contributed by atoms with Crippen LogP contribution in [-0.4, -0.2) is 10.8 Å². The van der Waals surface area contributed by atoms with Crippen LogP contribution >= 0.6 is 23.2 Å². The number of nitrogens with two attached hydrogens (primary N) is 1. The highest BCUT2D eigenvalue weighted by molar-refractivity contribution is 6.34. The number of nitro groups is 1. The standard InChI is InChI=1S/C16H11Cl2N5O3/c17-12-3-2-11(23(25)26)6-15(12)22-16(24)9(7-19)8-21-14-4-1-10(20)5-13(14)18/h1-6,8,21H,20H2,(H,22,24)/b9-8-. The van der Waals surface area contributed by atoms with Crippen molar-refractivity contribution < 1.29 is 9.72 Å². The number of hydrogen-bond donors (Lipinski definition) is 3. The quantitative estimate of drug-likeness (QED) is 0.232. The lowest BCUT2D eigenvalue weighted by Gasteiger charge is -2.08. The normalized spacial score (nSPS) is 10.7. The van der Waals surface area contributed by atoms with Crippen molar-refractivity contribution in [2.45, 2.75) is 0 Å². The highest BCUT2D eigenvalue weighted by atomic mass is 35.5. The number of halogens is 2. The first-order valence-electron chi connectivity index (χ1n) is 6.99. The molecule has 0 heterocycles. The lowest BCUT2D eigenvalue weighted by Crippen LogP contribution is -2.15. The largest absolute Gasteiger partial charge is 0.399 e. The first-order chi connectivity index (χ1) is 12.3. The van der Waals surface area contributed by atoms with E-state index in [0.717, 1.165) is 12.3 Å². The summed E-state index contributed by atoms with van der Waals surface area (Å²) < 4.78 is 0. The number of nitrogen functional groups attached to an aromatic ring is 1. The summed E-state index contributed by atoms with van der Waals surface area (Å²) in [7, 11) is 0. The van der Waals surface area contributed by atoms with Gasteiger partial charge in [0.15, 0.2) is 0 Å². The zero-order valence-electron chi connectivity index (χ0n) is 13.0. The molecule has 0 unspecified atom stereocenters. The van der Waals surface area contributed by atoms with Gasteiger partial charge in [0.1, 0.15) is 11.6 Å². The highest BCUT2D eigenvalue weighted by Crippen LogP contribution is 2.27. The highest BCUT2D eigenvalue weighted by Gasteiger charge is 2.15. The molecular formula is C16H11Cl2N5O3. The van der Waals surface area contributed by atoms with E-state index in [0.29, 0.717) is 16.4 Å². The lowest BCUT2D eigenvalue weighted by molar-refractivity contribution is -0.384. The van der Waals surface area contributed by atoms with Gasteiger partial charge in [0.2, 0.25) is 0 Å². The van der Waals surface area contributed by atoms with E-state index < -0.39 is 10.8 Å². The Morgan fingerprint density at radius 2 is 1.92 bits per heavy atom. The number of amides is 1. The molecule has 2 aromatic carbocycles. The molecule has 0 aromatic heterocycles. The average Bonchev–Trinajstić information content (AvgIpc) is 2.58. The first-order valence-corrected chi connectivity index (χ1v) is 7.74. The van der Waals surface area contributed by atoms with E-state index in [1.54, 1.807) is 18.2 Å². The van der Waals surface area contributed by atoms with Crippen LogP contribution in [0.4, 0.5) is 22.7 Å². The molecule has 4 N–H and O–H groups in total. The van der Waals surface area contributed by atoms with E-state index in [2.05, 4.69) is 10.6 Å². The summed E-state index contributed by atoms with van der Waals surface area (Å²) in [5.74, 6) is -0.797. The van der Waals surface area contributed by atoms with Crippen LogP contribution in [0.3, 0.4) is 0 Å². The smallest absolute Gasteiger partial charge is 0.271 e. The SMILES string of the molecule is N#C/C(=C/Nc1ccc(N)cc1Cl)C(=O)Nc1cc([N+](=O)[O-])ccc1Cl. The Labute approximate surface area is 158 Å². The van der Waals surface area contributed by atoms with Crippen LogP contribution in [0, 0.1) is 21.4 Å². The van der Waals surface area contributed by atoms with Gasteiger partial charge in [-0.25, -0.2) is 0 Å². The minimum absolute atomic E-state index is 0.0116. The van der Waals surface area contributed by atoms with Gasteiger partial charge in [-0.05, 0) is 24.3 Å². The van der Waals surface area contributed by atoms with Crippen LogP contribution in [0.1, 0.15) is 0 Å². The van der Waals surface area contributed by atoms with Gasteiger partial charge in [-0.3, -0.25) is 14.9 Å². The number of anilines is 3. The molecule has 0 spiro atoms. The number of carbonyl (C=O) groups is 1. The summed E-state index contributed by atoms with van der Waals surface area (Å²) in [6.07, 6.45) is 1.15. The van der Waals surface area contributed by atoms with Crippen LogP contribution in [0.2, 0.25) is 10.0 Å². The maximum absolute atomic E-state index is 12.2. The Morgan fingerprint density at radius 1 is 1.19 bits per heavy atom. The number of carbonyl (C=O) groups excluding carboxylic acids is 1. The van der Waals surface area contributed by atoms with Gasteiger partial charge >= 0.3 is 0 Å². The summed E-state index contributed by atoms with van der Waals surface area (Å²) in [5, 5.41) is 25.5. The minimum atomic E-state index is -0.797. The summed E-state index contributed by atoms with van der Waals surface area (Å²) in [6.45, 7) is 0. The fourth-order valence-electron chi connectivity index (χ4n) is 1.86. The van der Waals surface area contributed by atoms with E-state index in [1.807, 2.05) is 0 Å². The molecule has 0 saturated carbocycles. The maximum Gasteiger partial charge on any atom is 0.271 e. The number of nitrogens with one attached hydrogen (secondary N) is 2. The van der Waals surface area contributed by atoms with Gasteiger partial charge in [0, 0.05) is 24.0 Å². The second-order valence-corrected chi connectivity index (χ2v) is 5.74. The second-order valence-electron chi connectivity index (χ2n) is 4.93. The molecule has 0 aliphatic carbocycles. The van der Waals surface area contributed by atoms with Crippen molar-refractivity contribution in [3.63, 3.8) is 0 Å². The van der Waals surface area contributed by atoms with Gasteiger partial charge in [0.05, 0.1) is 26.3 Å². The Morgan fingerprint density at radius 3 is 2.54 bits per heavy atom. The van der Waals surface area contributed by atoms with E-state index in [9.17, 15) is 14.9 Å². The molecule has 10 heteroatoms. The number of rotatable bonds is 5. The maximum atomic E-state index is 12.2. The molecular weight excluding hydrogens is 381 g/mol. The molecule has 2 rings (SSSR count). The van der Waals surface area contributed by atoms with E-state index >= 15 is 0 Å². The molecule has 0 saturated heterocycles. The summed E-state index contributed by atoms with van der Waals surface area (Å²) in [6, 6.07) is 9.97. The third-order valence-corrected chi connectivity index (χ3v) is 3.78. The molecule has 0 aliphatic heterocycles.